The van der Waals surface area contributed by atoms with Gasteiger partial charge in [0.1, 0.15) is 6.10 Å². The average Bonchev–Trinajstić information content (AvgIpc) is 3.72. The molecule has 1 aromatic carbocycles. The lowest BCUT2D eigenvalue weighted by molar-refractivity contribution is -0.150. The summed E-state index contributed by atoms with van der Waals surface area (Å²) in [5, 5.41) is 3.28. The molecule has 0 amide bonds. The lowest BCUT2D eigenvalue weighted by Crippen LogP contribution is -2.39. The standard InChI is InChI=1S/C52H94N2O6/c1-5-9-11-13-17-23-31-46(32-24-18-14-12-10-6-2)60-49(56)34-26-20-16-22-28-40-54(41-29-38-53-50-47(30-7-3)51(57)52(50)58)39-27-21-15-19-25-33-48(55)59-42-37-45-36-35-44(8-4)43-45/h44-46,53H,5-43H2,1-4H3. The second kappa shape index (κ2) is 36.3. The molecule has 1 aliphatic rings. The van der Waals surface area contributed by atoms with E-state index < -0.39 is 0 Å². The monoisotopic (exact) mass is 843 g/mol. The maximum absolute atomic E-state index is 12.9. The van der Waals surface area contributed by atoms with E-state index in [0.29, 0.717) is 43.7 Å². The van der Waals surface area contributed by atoms with Crippen molar-refractivity contribution in [2.45, 2.75) is 252 Å². The van der Waals surface area contributed by atoms with E-state index in [1.165, 1.54) is 103 Å². The van der Waals surface area contributed by atoms with Gasteiger partial charge < -0.3 is 19.7 Å². The van der Waals surface area contributed by atoms with E-state index in [9.17, 15) is 19.2 Å². The molecule has 0 aliphatic heterocycles. The molecule has 1 aromatic rings. The normalized spacial score (nSPS) is 15.4. The number of esters is 2. The first-order valence-corrected chi connectivity index (χ1v) is 26.0. The number of hydrogen-bond acceptors (Lipinski definition) is 8. The molecule has 0 bridgehead atoms. The number of rotatable bonds is 42. The third kappa shape index (κ3) is 25.7. The Morgan fingerprint density at radius 1 is 0.600 bits per heavy atom. The zero-order valence-electron chi connectivity index (χ0n) is 39.7. The summed E-state index contributed by atoms with van der Waals surface area (Å²) < 4.78 is 11.6. The van der Waals surface area contributed by atoms with Crippen LogP contribution in [0.5, 0.6) is 0 Å². The second-order valence-electron chi connectivity index (χ2n) is 18.6. The number of hydrogen-bond donors (Lipinski definition) is 1. The van der Waals surface area contributed by atoms with Crippen molar-refractivity contribution in [3.05, 3.63) is 26.0 Å². The lowest BCUT2D eigenvalue weighted by Gasteiger charge is -2.23. The molecule has 8 nitrogen and oxygen atoms in total. The minimum Gasteiger partial charge on any atom is -0.466 e. The van der Waals surface area contributed by atoms with E-state index in [-0.39, 0.29) is 28.9 Å². The van der Waals surface area contributed by atoms with Gasteiger partial charge in [0.15, 0.2) is 0 Å². The van der Waals surface area contributed by atoms with E-state index in [2.05, 4.69) is 31.0 Å². The zero-order valence-corrected chi connectivity index (χ0v) is 39.7. The number of anilines is 1. The fraction of sp³-hybridized carbons (Fsp3) is 0.885. The van der Waals surface area contributed by atoms with Gasteiger partial charge in [-0.2, -0.15) is 0 Å². The van der Waals surface area contributed by atoms with Gasteiger partial charge in [-0.05, 0) is 109 Å². The molecule has 0 heterocycles. The van der Waals surface area contributed by atoms with Crippen molar-refractivity contribution in [3.8, 4) is 0 Å². The third-order valence-corrected chi connectivity index (χ3v) is 13.2. The van der Waals surface area contributed by atoms with E-state index in [4.69, 9.17) is 9.47 Å². The van der Waals surface area contributed by atoms with E-state index in [1.54, 1.807) is 0 Å². The molecule has 0 aromatic heterocycles. The molecule has 1 aliphatic carbocycles. The Balaban J connectivity index is 1.66. The summed E-state index contributed by atoms with van der Waals surface area (Å²) in [4.78, 5) is 51.8. The van der Waals surface area contributed by atoms with Crippen molar-refractivity contribution in [1.82, 2.24) is 4.90 Å². The minimum atomic E-state index is -0.354. The molecule has 1 saturated carbocycles. The molecular formula is C52H94N2O6. The predicted octanol–water partition coefficient (Wildman–Crippen LogP) is 13.2. The van der Waals surface area contributed by atoms with Crippen molar-refractivity contribution >= 4 is 17.6 Å². The van der Waals surface area contributed by atoms with Crippen LogP contribution < -0.4 is 16.2 Å². The van der Waals surface area contributed by atoms with Crippen LogP contribution in [0.1, 0.15) is 245 Å². The van der Waals surface area contributed by atoms with Crippen molar-refractivity contribution in [2.24, 2.45) is 11.8 Å². The first-order chi connectivity index (χ1) is 29.3. The molecule has 1 N–H and O–H groups in total. The highest BCUT2D eigenvalue weighted by atomic mass is 16.5. The van der Waals surface area contributed by atoms with Gasteiger partial charge in [-0.15, -0.1) is 0 Å². The first-order valence-electron chi connectivity index (χ1n) is 26.0. The summed E-state index contributed by atoms with van der Waals surface area (Å²) in [6.45, 7) is 13.2. The van der Waals surface area contributed by atoms with Crippen molar-refractivity contribution in [2.75, 3.05) is 38.1 Å². The molecular weight excluding hydrogens is 749 g/mol. The van der Waals surface area contributed by atoms with Crippen molar-refractivity contribution in [1.29, 1.82) is 0 Å². The summed E-state index contributed by atoms with van der Waals surface area (Å²) in [6.07, 6.45) is 37.9. The Morgan fingerprint density at radius 3 is 1.68 bits per heavy atom. The van der Waals surface area contributed by atoms with E-state index >= 15 is 0 Å². The van der Waals surface area contributed by atoms with Crippen LogP contribution in [0, 0.1) is 11.8 Å². The minimum absolute atomic E-state index is 0.00172. The smallest absolute Gasteiger partial charge is 0.306 e. The van der Waals surface area contributed by atoms with Crippen LogP contribution >= 0.6 is 0 Å². The molecule has 2 unspecified atom stereocenters. The number of nitrogens with one attached hydrogen (secondary N) is 1. The van der Waals surface area contributed by atoms with Crippen LogP contribution in [-0.2, 0) is 25.5 Å². The highest BCUT2D eigenvalue weighted by Gasteiger charge is 2.23. The number of carbonyl (C=O) groups excluding carboxylic acids is 2. The maximum Gasteiger partial charge on any atom is 0.306 e. The summed E-state index contributed by atoms with van der Waals surface area (Å²) >= 11 is 0. The fourth-order valence-electron chi connectivity index (χ4n) is 9.27. The van der Waals surface area contributed by atoms with Gasteiger partial charge in [-0.1, -0.05) is 156 Å². The number of ether oxygens (including phenoxy) is 2. The Bertz CT molecular complexity index is 1260. The molecule has 0 saturated heterocycles. The van der Waals surface area contributed by atoms with Crippen LogP contribution in [0.25, 0.3) is 0 Å². The molecule has 0 spiro atoms. The second-order valence-corrected chi connectivity index (χ2v) is 18.6. The SMILES string of the molecule is CCCCCCCCC(CCCCCCCC)OC(=O)CCCCCCCN(CCCCCCCC(=O)OCCC1CCC(CC)C1)CCCNc1c(CCC)c(=O)c1=O. The number of nitrogens with zero attached hydrogens (tertiary/aromatic N) is 1. The van der Waals surface area contributed by atoms with Crippen LogP contribution in [-0.4, -0.2) is 55.7 Å². The maximum atomic E-state index is 12.9. The lowest BCUT2D eigenvalue weighted by atomic mass is 10.0. The topological polar surface area (TPSA) is 102 Å². The van der Waals surface area contributed by atoms with Crippen molar-refractivity contribution in [3.63, 3.8) is 0 Å². The Labute approximate surface area is 368 Å². The molecule has 2 rings (SSSR count). The van der Waals surface area contributed by atoms with Gasteiger partial charge in [0.2, 0.25) is 10.9 Å². The van der Waals surface area contributed by atoms with E-state index in [0.717, 1.165) is 128 Å². The van der Waals surface area contributed by atoms with Gasteiger partial charge in [-0.3, -0.25) is 19.2 Å². The summed E-state index contributed by atoms with van der Waals surface area (Å²) in [6, 6.07) is 0. The van der Waals surface area contributed by atoms with Gasteiger partial charge in [0, 0.05) is 24.9 Å². The molecule has 8 heteroatoms. The predicted molar refractivity (Wildman–Crippen MR) is 253 cm³/mol. The largest absolute Gasteiger partial charge is 0.466 e. The molecule has 0 radical (unpaired) electrons. The average molecular weight is 843 g/mol. The summed E-state index contributed by atoms with van der Waals surface area (Å²) in [7, 11) is 0. The summed E-state index contributed by atoms with van der Waals surface area (Å²) in [5.41, 5.74) is 0.560. The van der Waals surface area contributed by atoms with Gasteiger partial charge in [0.25, 0.3) is 0 Å². The molecule has 1 fully saturated rings. The van der Waals surface area contributed by atoms with Gasteiger partial charge in [-0.25, -0.2) is 0 Å². The highest BCUT2D eigenvalue weighted by molar-refractivity contribution is 5.69. The zero-order chi connectivity index (χ0) is 43.5. The molecule has 2 atom stereocenters. The number of carbonyl (C=O) groups is 2. The van der Waals surface area contributed by atoms with Crippen LogP contribution in [0.4, 0.5) is 5.69 Å². The van der Waals surface area contributed by atoms with Crippen molar-refractivity contribution < 1.29 is 19.1 Å². The highest BCUT2D eigenvalue weighted by Crippen LogP contribution is 2.34. The van der Waals surface area contributed by atoms with Gasteiger partial charge >= 0.3 is 11.9 Å². The van der Waals surface area contributed by atoms with Crippen LogP contribution in [0.15, 0.2) is 9.59 Å². The Morgan fingerprint density at radius 2 is 1.12 bits per heavy atom. The van der Waals surface area contributed by atoms with E-state index in [1.807, 2.05) is 6.92 Å². The Hall–Kier alpha value is -2.22. The molecule has 60 heavy (non-hydrogen) atoms. The third-order valence-electron chi connectivity index (χ3n) is 13.2. The first kappa shape index (κ1) is 53.9. The van der Waals surface area contributed by atoms with Gasteiger partial charge in [0.05, 0.1) is 12.3 Å². The quantitative estimate of drug-likeness (QED) is 0.0394. The summed E-state index contributed by atoms with van der Waals surface area (Å²) in [5.74, 6) is 1.59. The molecule has 348 valence electrons. The van der Waals surface area contributed by atoms with Crippen LogP contribution in [0.3, 0.4) is 0 Å². The number of unbranched alkanes of at least 4 members (excludes halogenated alkanes) is 18. The van der Waals surface area contributed by atoms with Crippen LogP contribution in [0.2, 0.25) is 0 Å². The Kier molecular flexibility index (Phi) is 32.6. The fourth-order valence-corrected chi connectivity index (χ4v) is 9.27.